The Bertz CT molecular complexity index is 873. The average Bonchev–Trinajstić information content (AvgIpc) is 3.15. The minimum absolute atomic E-state index is 0.155. The molecule has 0 fully saturated rings. The topological polar surface area (TPSA) is 77.2 Å². The van der Waals surface area contributed by atoms with Crippen LogP contribution in [-0.4, -0.2) is 35.2 Å². The maximum atomic E-state index is 11.7. The molecule has 7 nitrogen and oxygen atoms in total. The molecule has 0 saturated carbocycles. The summed E-state index contributed by atoms with van der Waals surface area (Å²) >= 11 is 7.49. The van der Waals surface area contributed by atoms with Gasteiger partial charge in [0.25, 0.3) is 5.91 Å². The number of nitrogens with zero attached hydrogens (tertiary/aromatic N) is 3. The first-order chi connectivity index (χ1) is 11.7. The van der Waals surface area contributed by atoms with Crippen molar-refractivity contribution in [2.24, 2.45) is 5.10 Å². The van der Waals surface area contributed by atoms with Crippen molar-refractivity contribution < 1.29 is 14.3 Å². The van der Waals surface area contributed by atoms with Gasteiger partial charge in [0.2, 0.25) is 0 Å². The van der Waals surface area contributed by atoms with Gasteiger partial charge in [-0.1, -0.05) is 11.6 Å². The summed E-state index contributed by atoms with van der Waals surface area (Å²) in [4.78, 5) is 16.7. The number of hydrazone groups is 1. The van der Waals surface area contributed by atoms with Gasteiger partial charge in [0.15, 0.2) is 16.7 Å². The van der Waals surface area contributed by atoms with Gasteiger partial charge in [-0.3, -0.25) is 9.20 Å². The number of benzene rings is 1. The summed E-state index contributed by atoms with van der Waals surface area (Å²) < 4.78 is 12.2. The van der Waals surface area contributed by atoms with Gasteiger partial charge in [-0.25, -0.2) is 10.4 Å². The Balaban J connectivity index is 1.53. The van der Waals surface area contributed by atoms with E-state index in [1.807, 2.05) is 11.6 Å². The van der Waals surface area contributed by atoms with Crippen molar-refractivity contribution in [3.05, 3.63) is 46.7 Å². The first kappa shape index (κ1) is 16.3. The predicted octanol–water partition coefficient (Wildman–Crippen LogP) is 2.59. The minimum atomic E-state index is -0.385. The second-order valence-corrected chi connectivity index (χ2v) is 5.83. The number of rotatable bonds is 6. The summed E-state index contributed by atoms with van der Waals surface area (Å²) in [6.07, 6.45) is 3.27. The van der Waals surface area contributed by atoms with Crippen molar-refractivity contribution in [1.29, 1.82) is 0 Å². The summed E-state index contributed by atoms with van der Waals surface area (Å²) in [5.74, 6) is 0.895. The highest BCUT2D eigenvalue weighted by Crippen LogP contribution is 2.19. The highest BCUT2D eigenvalue weighted by molar-refractivity contribution is 7.15. The Hall–Kier alpha value is -2.58. The van der Waals surface area contributed by atoms with E-state index in [2.05, 4.69) is 15.5 Å². The van der Waals surface area contributed by atoms with Crippen molar-refractivity contribution in [1.82, 2.24) is 14.8 Å². The number of ether oxygens (including phenoxy) is 2. The van der Waals surface area contributed by atoms with Crippen LogP contribution in [0, 0.1) is 0 Å². The van der Waals surface area contributed by atoms with Gasteiger partial charge in [-0.05, 0) is 24.3 Å². The molecule has 0 saturated heterocycles. The number of amides is 1. The van der Waals surface area contributed by atoms with Crippen LogP contribution in [0.4, 0.5) is 0 Å². The number of nitrogens with one attached hydrogen (secondary N) is 1. The summed E-state index contributed by atoms with van der Waals surface area (Å²) in [6.45, 7) is -0.155. The number of hydrogen-bond donors (Lipinski definition) is 1. The molecule has 1 amide bonds. The monoisotopic (exact) mass is 364 g/mol. The van der Waals surface area contributed by atoms with Crippen LogP contribution in [0.2, 0.25) is 5.15 Å². The lowest BCUT2D eigenvalue weighted by Crippen LogP contribution is -2.24. The van der Waals surface area contributed by atoms with Gasteiger partial charge in [0.05, 0.1) is 13.3 Å². The van der Waals surface area contributed by atoms with Crippen LogP contribution in [0.5, 0.6) is 11.5 Å². The van der Waals surface area contributed by atoms with Crippen molar-refractivity contribution >= 4 is 40.0 Å². The number of aromatic nitrogens is 2. The number of carbonyl (C=O) groups excluding carboxylic acids is 1. The lowest BCUT2D eigenvalue weighted by atomic mass is 10.3. The number of carbonyl (C=O) groups is 1. The van der Waals surface area contributed by atoms with Gasteiger partial charge in [0.1, 0.15) is 17.2 Å². The molecule has 9 heteroatoms. The average molecular weight is 365 g/mol. The van der Waals surface area contributed by atoms with Crippen molar-refractivity contribution in [3.8, 4) is 11.5 Å². The zero-order valence-electron chi connectivity index (χ0n) is 12.6. The largest absolute Gasteiger partial charge is 0.497 e. The molecule has 0 spiro atoms. The van der Waals surface area contributed by atoms with Crippen LogP contribution in [0.25, 0.3) is 4.96 Å². The van der Waals surface area contributed by atoms with E-state index in [0.29, 0.717) is 22.3 Å². The van der Waals surface area contributed by atoms with Crippen LogP contribution < -0.4 is 14.9 Å². The second kappa shape index (κ2) is 7.33. The third-order valence-corrected chi connectivity index (χ3v) is 4.09. The number of fused-ring (bicyclic) bond motifs is 1. The summed E-state index contributed by atoms with van der Waals surface area (Å²) in [7, 11) is 1.58. The fourth-order valence-corrected chi connectivity index (χ4v) is 2.90. The fourth-order valence-electron chi connectivity index (χ4n) is 1.91. The first-order valence-corrected chi connectivity index (χ1v) is 8.13. The molecule has 3 rings (SSSR count). The second-order valence-electron chi connectivity index (χ2n) is 4.60. The van der Waals surface area contributed by atoms with Crippen molar-refractivity contribution in [2.75, 3.05) is 13.7 Å². The molecular weight excluding hydrogens is 352 g/mol. The Kier molecular flexibility index (Phi) is 4.97. The number of imidazole rings is 1. The molecule has 124 valence electrons. The number of halogens is 1. The predicted molar refractivity (Wildman–Crippen MR) is 92.3 cm³/mol. The number of thiazole rings is 1. The molecule has 0 unspecified atom stereocenters. The molecule has 0 aliphatic rings. The van der Waals surface area contributed by atoms with E-state index in [1.165, 1.54) is 17.6 Å². The van der Waals surface area contributed by atoms with Gasteiger partial charge in [0, 0.05) is 11.6 Å². The highest BCUT2D eigenvalue weighted by atomic mass is 35.5. The molecule has 2 aromatic heterocycles. The molecule has 24 heavy (non-hydrogen) atoms. The molecule has 0 bridgehead atoms. The van der Waals surface area contributed by atoms with E-state index in [-0.39, 0.29) is 12.5 Å². The molecule has 0 atom stereocenters. The van der Waals surface area contributed by atoms with Crippen LogP contribution >= 0.6 is 22.9 Å². The van der Waals surface area contributed by atoms with Gasteiger partial charge >= 0.3 is 0 Å². The normalized spacial score (nSPS) is 11.1. The number of methoxy groups -OCH3 is 1. The molecular formula is C15H13ClN4O3S. The minimum Gasteiger partial charge on any atom is -0.497 e. The first-order valence-electron chi connectivity index (χ1n) is 6.87. The maximum absolute atomic E-state index is 11.7. The Morgan fingerprint density at radius 2 is 2.17 bits per heavy atom. The van der Waals surface area contributed by atoms with E-state index in [0.717, 1.165) is 4.96 Å². The molecule has 3 aromatic rings. The third kappa shape index (κ3) is 3.66. The zero-order chi connectivity index (χ0) is 16.9. The highest BCUT2D eigenvalue weighted by Gasteiger charge is 2.09. The smallest absolute Gasteiger partial charge is 0.277 e. The SMILES string of the molecule is COc1ccc(OCC(=O)N/N=C\c2c(Cl)nc3sccn23)cc1. The van der Waals surface area contributed by atoms with Crippen LogP contribution in [0.3, 0.4) is 0 Å². The van der Waals surface area contributed by atoms with Crippen LogP contribution in [0.1, 0.15) is 5.69 Å². The maximum Gasteiger partial charge on any atom is 0.277 e. The van der Waals surface area contributed by atoms with E-state index in [9.17, 15) is 4.79 Å². The lowest BCUT2D eigenvalue weighted by Gasteiger charge is -2.05. The van der Waals surface area contributed by atoms with Gasteiger partial charge in [-0.15, -0.1) is 11.3 Å². The Morgan fingerprint density at radius 3 is 2.92 bits per heavy atom. The van der Waals surface area contributed by atoms with E-state index in [4.69, 9.17) is 21.1 Å². The van der Waals surface area contributed by atoms with Crippen LogP contribution in [0.15, 0.2) is 40.9 Å². The summed E-state index contributed by atoms with van der Waals surface area (Å²) in [5.41, 5.74) is 2.98. The van der Waals surface area contributed by atoms with Gasteiger partial charge < -0.3 is 9.47 Å². The van der Waals surface area contributed by atoms with E-state index < -0.39 is 0 Å². The molecule has 1 aromatic carbocycles. The molecule has 0 aliphatic heterocycles. The zero-order valence-corrected chi connectivity index (χ0v) is 14.2. The standard InChI is InChI=1S/C15H13ClN4O3S/c1-22-10-2-4-11(5-3-10)23-9-13(21)19-17-8-12-14(16)18-15-20(12)6-7-24-15/h2-8H,9H2,1H3,(H,19,21)/b17-8-. The molecule has 2 heterocycles. The summed E-state index contributed by atoms with van der Waals surface area (Å²) in [6, 6.07) is 6.93. The molecule has 0 radical (unpaired) electrons. The third-order valence-electron chi connectivity index (χ3n) is 3.06. The quantitative estimate of drug-likeness (QED) is 0.538. The van der Waals surface area contributed by atoms with Crippen molar-refractivity contribution in [3.63, 3.8) is 0 Å². The Morgan fingerprint density at radius 1 is 1.42 bits per heavy atom. The van der Waals surface area contributed by atoms with E-state index in [1.54, 1.807) is 35.8 Å². The number of hydrogen-bond acceptors (Lipinski definition) is 6. The molecule has 0 aliphatic carbocycles. The summed E-state index contributed by atoms with van der Waals surface area (Å²) in [5, 5.41) is 6.09. The van der Waals surface area contributed by atoms with E-state index >= 15 is 0 Å². The molecule has 1 N–H and O–H groups in total. The fraction of sp³-hybridized carbons (Fsp3) is 0.133. The lowest BCUT2D eigenvalue weighted by molar-refractivity contribution is -0.123. The van der Waals surface area contributed by atoms with Crippen LogP contribution in [-0.2, 0) is 4.79 Å². The Labute approximate surface area is 146 Å². The van der Waals surface area contributed by atoms with Gasteiger partial charge in [-0.2, -0.15) is 5.10 Å². The van der Waals surface area contributed by atoms with Crippen molar-refractivity contribution in [2.45, 2.75) is 0 Å².